The molecule has 0 atom stereocenters. The molecule has 116 valence electrons. The number of imidazole rings is 1. The summed E-state index contributed by atoms with van der Waals surface area (Å²) in [6.07, 6.45) is 3.88. The van der Waals surface area contributed by atoms with E-state index in [0.717, 1.165) is 24.9 Å². The maximum atomic E-state index is 4.39. The first-order valence-corrected chi connectivity index (χ1v) is 6.97. The summed E-state index contributed by atoms with van der Waals surface area (Å²) in [6, 6.07) is 0. The first-order chi connectivity index (χ1) is 9.02. The standard InChI is InChI=1S/C14H27N5.HI/c1-11(2)8-17-14(15-5)18-9-13-16-6-7-19(13)10-12(3)4;/h6-7,11-12H,8-10H2,1-5H3,(H2,15,17,18);1H. The van der Waals surface area contributed by atoms with E-state index >= 15 is 0 Å². The quantitative estimate of drug-likeness (QED) is 0.444. The zero-order valence-corrected chi connectivity index (χ0v) is 15.5. The Morgan fingerprint density at radius 1 is 1.25 bits per heavy atom. The van der Waals surface area contributed by atoms with Gasteiger partial charge in [-0.2, -0.15) is 0 Å². The minimum absolute atomic E-state index is 0. The minimum atomic E-state index is 0. The lowest BCUT2D eigenvalue weighted by molar-refractivity contribution is 0.503. The number of hydrogen-bond acceptors (Lipinski definition) is 2. The van der Waals surface area contributed by atoms with Crippen molar-refractivity contribution in [2.75, 3.05) is 13.6 Å². The lowest BCUT2D eigenvalue weighted by Gasteiger charge is -2.14. The Morgan fingerprint density at radius 3 is 2.50 bits per heavy atom. The molecule has 1 aromatic heterocycles. The molecule has 5 nitrogen and oxygen atoms in total. The van der Waals surface area contributed by atoms with Crippen LogP contribution in [0, 0.1) is 11.8 Å². The fourth-order valence-electron chi connectivity index (χ4n) is 1.75. The summed E-state index contributed by atoms with van der Waals surface area (Å²) in [7, 11) is 1.79. The Bertz CT molecular complexity index is 398. The molecule has 0 unspecified atom stereocenters. The molecule has 0 amide bonds. The van der Waals surface area contributed by atoms with Crippen molar-refractivity contribution < 1.29 is 0 Å². The summed E-state index contributed by atoms with van der Waals surface area (Å²) in [6.45, 7) is 11.4. The molecule has 1 rings (SSSR count). The second kappa shape index (κ2) is 10.0. The SMILES string of the molecule is CN=C(NCc1nccn1CC(C)C)NCC(C)C.I. The van der Waals surface area contributed by atoms with Gasteiger partial charge in [-0.3, -0.25) is 4.99 Å². The van der Waals surface area contributed by atoms with Crippen molar-refractivity contribution in [3.63, 3.8) is 0 Å². The lowest BCUT2D eigenvalue weighted by atomic mass is 10.2. The van der Waals surface area contributed by atoms with Gasteiger partial charge < -0.3 is 15.2 Å². The maximum Gasteiger partial charge on any atom is 0.191 e. The summed E-state index contributed by atoms with van der Waals surface area (Å²) >= 11 is 0. The summed E-state index contributed by atoms with van der Waals surface area (Å²) in [5, 5.41) is 6.59. The number of aromatic nitrogens is 2. The van der Waals surface area contributed by atoms with Crippen molar-refractivity contribution in [3.8, 4) is 0 Å². The second-order valence-electron chi connectivity index (χ2n) is 5.59. The molecule has 0 fully saturated rings. The van der Waals surface area contributed by atoms with Crippen LogP contribution in [0.25, 0.3) is 0 Å². The number of nitrogens with one attached hydrogen (secondary N) is 2. The van der Waals surface area contributed by atoms with Crippen LogP contribution in [0.1, 0.15) is 33.5 Å². The molecule has 0 aliphatic heterocycles. The first-order valence-electron chi connectivity index (χ1n) is 6.97. The van der Waals surface area contributed by atoms with Crippen LogP contribution in [0.5, 0.6) is 0 Å². The fraction of sp³-hybridized carbons (Fsp3) is 0.714. The van der Waals surface area contributed by atoms with E-state index in [4.69, 9.17) is 0 Å². The van der Waals surface area contributed by atoms with E-state index in [1.54, 1.807) is 7.05 Å². The third-order valence-electron chi connectivity index (χ3n) is 2.68. The number of nitrogens with zero attached hydrogens (tertiary/aromatic N) is 3. The predicted octanol–water partition coefficient (Wildman–Crippen LogP) is 2.48. The Kier molecular flexibility index (Phi) is 9.62. The molecule has 0 spiro atoms. The van der Waals surface area contributed by atoms with Crippen molar-refractivity contribution >= 4 is 29.9 Å². The van der Waals surface area contributed by atoms with Gasteiger partial charge in [-0.05, 0) is 11.8 Å². The zero-order valence-electron chi connectivity index (χ0n) is 13.2. The third-order valence-corrected chi connectivity index (χ3v) is 2.68. The highest BCUT2D eigenvalue weighted by Crippen LogP contribution is 2.03. The van der Waals surface area contributed by atoms with Crippen LogP contribution in [0.4, 0.5) is 0 Å². The Balaban J connectivity index is 0.00000361. The molecule has 0 saturated heterocycles. The highest BCUT2D eigenvalue weighted by atomic mass is 127. The lowest BCUT2D eigenvalue weighted by Crippen LogP contribution is -2.39. The molecule has 0 bridgehead atoms. The van der Waals surface area contributed by atoms with Crippen LogP contribution in [-0.4, -0.2) is 29.1 Å². The van der Waals surface area contributed by atoms with Gasteiger partial charge in [0.2, 0.25) is 0 Å². The number of aliphatic imine (C=N–C) groups is 1. The van der Waals surface area contributed by atoms with Gasteiger partial charge in [0.25, 0.3) is 0 Å². The van der Waals surface area contributed by atoms with E-state index in [9.17, 15) is 0 Å². The van der Waals surface area contributed by atoms with Crippen LogP contribution in [0.2, 0.25) is 0 Å². The third kappa shape index (κ3) is 7.12. The van der Waals surface area contributed by atoms with E-state index < -0.39 is 0 Å². The second-order valence-corrected chi connectivity index (χ2v) is 5.59. The molecule has 0 aliphatic rings. The van der Waals surface area contributed by atoms with Crippen molar-refractivity contribution in [1.82, 2.24) is 20.2 Å². The molecule has 0 aliphatic carbocycles. The molecular weight excluding hydrogens is 365 g/mol. The van der Waals surface area contributed by atoms with E-state index in [1.807, 2.05) is 12.4 Å². The largest absolute Gasteiger partial charge is 0.356 e. The van der Waals surface area contributed by atoms with Crippen molar-refractivity contribution in [3.05, 3.63) is 18.2 Å². The summed E-state index contributed by atoms with van der Waals surface area (Å²) < 4.78 is 2.19. The summed E-state index contributed by atoms with van der Waals surface area (Å²) in [4.78, 5) is 8.60. The Labute approximate surface area is 139 Å². The Hall–Kier alpha value is -0.790. The molecule has 0 saturated carbocycles. The number of rotatable bonds is 6. The molecule has 6 heteroatoms. The highest BCUT2D eigenvalue weighted by molar-refractivity contribution is 14.0. The van der Waals surface area contributed by atoms with Crippen molar-refractivity contribution in [2.24, 2.45) is 16.8 Å². The average molecular weight is 393 g/mol. The molecule has 0 radical (unpaired) electrons. The molecular formula is C14H28IN5. The smallest absolute Gasteiger partial charge is 0.191 e. The molecule has 2 N–H and O–H groups in total. The van der Waals surface area contributed by atoms with E-state index in [0.29, 0.717) is 18.4 Å². The van der Waals surface area contributed by atoms with Gasteiger partial charge in [0, 0.05) is 32.5 Å². The highest BCUT2D eigenvalue weighted by Gasteiger charge is 2.06. The molecule has 20 heavy (non-hydrogen) atoms. The number of halogens is 1. The minimum Gasteiger partial charge on any atom is -0.356 e. The van der Waals surface area contributed by atoms with Gasteiger partial charge in [0.15, 0.2) is 5.96 Å². The van der Waals surface area contributed by atoms with Crippen molar-refractivity contribution in [1.29, 1.82) is 0 Å². The topological polar surface area (TPSA) is 54.2 Å². The maximum absolute atomic E-state index is 4.39. The van der Waals surface area contributed by atoms with Crippen LogP contribution >= 0.6 is 24.0 Å². The van der Waals surface area contributed by atoms with Gasteiger partial charge in [-0.1, -0.05) is 27.7 Å². The average Bonchev–Trinajstić information content (AvgIpc) is 2.75. The Morgan fingerprint density at radius 2 is 1.95 bits per heavy atom. The fourth-order valence-corrected chi connectivity index (χ4v) is 1.75. The van der Waals surface area contributed by atoms with Gasteiger partial charge in [-0.25, -0.2) is 4.98 Å². The first kappa shape index (κ1) is 19.2. The summed E-state index contributed by atoms with van der Waals surface area (Å²) in [5.41, 5.74) is 0. The van der Waals surface area contributed by atoms with Gasteiger partial charge in [0.1, 0.15) is 5.82 Å². The van der Waals surface area contributed by atoms with Gasteiger partial charge in [0.05, 0.1) is 6.54 Å². The summed E-state index contributed by atoms with van der Waals surface area (Å²) in [5.74, 6) is 3.08. The van der Waals surface area contributed by atoms with E-state index in [2.05, 4.69) is 52.9 Å². The van der Waals surface area contributed by atoms with E-state index in [1.165, 1.54) is 0 Å². The predicted molar refractivity (Wildman–Crippen MR) is 95.5 cm³/mol. The number of guanidine groups is 1. The van der Waals surface area contributed by atoms with Crippen LogP contribution in [-0.2, 0) is 13.1 Å². The van der Waals surface area contributed by atoms with Crippen LogP contribution in [0.15, 0.2) is 17.4 Å². The van der Waals surface area contributed by atoms with Crippen LogP contribution < -0.4 is 10.6 Å². The van der Waals surface area contributed by atoms with Gasteiger partial charge in [-0.15, -0.1) is 24.0 Å². The van der Waals surface area contributed by atoms with Gasteiger partial charge >= 0.3 is 0 Å². The molecule has 0 aromatic carbocycles. The number of hydrogen-bond donors (Lipinski definition) is 2. The van der Waals surface area contributed by atoms with E-state index in [-0.39, 0.29) is 24.0 Å². The van der Waals surface area contributed by atoms with Crippen LogP contribution in [0.3, 0.4) is 0 Å². The molecule has 1 aromatic rings. The zero-order chi connectivity index (χ0) is 14.3. The molecule has 1 heterocycles. The monoisotopic (exact) mass is 393 g/mol. The normalized spacial score (nSPS) is 11.7. The van der Waals surface area contributed by atoms with Crippen molar-refractivity contribution in [2.45, 2.75) is 40.8 Å².